The van der Waals surface area contributed by atoms with Gasteiger partial charge in [-0.05, 0) is 29.7 Å². The van der Waals surface area contributed by atoms with E-state index in [4.69, 9.17) is 4.74 Å². The molecule has 1 aliphatic heterocycles. The highest BCUT2D eigenvalue weighted by atomic mass is 16.6. The first-order valence-corrected chi connectivity index (χ1v) is 7.54. The number of hydrogen-bond acceptors (Lipinski definition) is 4. The van der Waals surface area contributed by atoms with Crippen molar-refractivity contribution < 1.29 is 9.53 Å². The summed E-state index contributed by atoms with van der Waals surface area (Å²) < 4.78 is 5.43. The fourth-order valence-corrected chi connectivity index (χ4v) is 2.81. The lowest BCUT2D eigenvalue weighted by Gasteiger charge is -2.27. The number of benzene rings is 1. The van der Waals surface area contributed by atoms with Gasteiger partial charge in [0.15, 0.2) is 0 Å². The molecular weight excluding hydrogens is 290 g/mol. The number of pyridine rings is 2. The van der Waals surface area contributed by atoms with Gasteiger partial charge in [-0.25, -0.2) is 9.78 Å². The molecule has 114 valence electrons. The van der Waals surface area contributed by atoms with Crippen molar-refractivity contribution in [1.82, 2.24) is 14.9 Å². The Kier molecular flexibility index (Phi) is 3.38. The van der Waals surface area contributed by atoms with Gasteiger partial charge in [0.1, 0.15) is 0 Å². The Morgan fingerprint density at radius 3 is 2.87 bits per heavy atom. The first-order valence-electron chi connectivity index (χ1n) is 7.54. The largest absolute Gasteiger partial charge is 0.416 e. The summed E-state index contributed by atoms with van der Waals surface area (Å²) in [6.07, 6.45) is 3.89. The quantitative estimate of drug-likeness (QED) is 0.693. The van der Waals surface area contributed by atoms with Gasteiger partial charge in [0.25, 0.3) is 0 Å². The van der Waals surface area contributed by atoms with Crippen LogP contribution in [0.25, 0.3) is 10.9 Å². The van der Waals surface area contributed by atoms with Crippen LogP contribution in [0.5, 0.6) is 5.88 Å². The van der Waals surface area contributed by atoms with Crippen LogP contribution in [0.15, 0.2) is 54.9 Å². The summed E-state index contributed by atoms with van der Waals surface area (Å²) in [5.74, 6) is 0.313. The van der Waals surface area contributed by atoms with E-state index in [1.807, 2.05) is 18.2 Å². The van der Waals surface area contributed by atoms with Crippen molar-refractivity contribution >= 4 is 17.0 Å². The molecule has 0 fully saturated rings. The molecule has 0 aliphatic carbocycles. The third kappa shape index (κ3) is 2.73. The molecule has 0 atom stereocenters. The van der Waals surface area contributed by atoms with E-state index in [2.05, 4.69) is 22.1 Å². The van der Waals surface area contributed by atoms with Crippen LogP contribution in [0.1, 0.15) is 11.1 Å². The van der Waals surface area contributed by atoms with Gasteiger partial charge < -0.3 is 9.64 Å². The Balaban J connectivity index is 1.51. The average Bonchev–Trinajstić information content (AvgIpc) is 2.61. The van der Waals surface area contributed by atoms with Crippen molar-refractivity contribution in [3.63, 3.8) is 0 Å². The number of carbonyl (C=O) groups excluding carboxylic acids is 1. The van der Waals surface area contributed by atoms with Gasteiger partial charge in [-0.3, -0.25) is 4.98 Å². The summed E-state index contributed by atoms with van der Waals surface area (Å²) in [6, 6.07) is 13.5. The smallest absolute Gasteiger partial charge is 0.391 e. The van der Waals surface area contributed by atoms with Crippen LogP contribution in [0, 0.1) is 0 Å². The first-order chi connectivity index (χ1) is 11.3. The zero-order valence-electron chi connectivity index (χ0n) is 12.5. The second-order valence-electron chi connectivity index (χ2n) is 5.53. The van der Waals surface area contributed by atoms with Crippen molar-refractivity contribution in [2.45, 2.75) is 13.0 Å². The average molecular weight is 305 g/mol. The third-order valence-electron chi connectivity index (χ3n) is 4.04. The van der Waals surface area contributed by atoms with Crippen LogP contribution < -0.4 is 4.74 Å². The summed E-state index contributed by atoms with van der Waals surface area (Å²) >= 11 is 0. The number of fused-ring (bicyclic) bond motifs is 2. The highest BCUT2D eigenvalue weighted by Crippen LogP contribution is 2.20. The van der Waals surface area contributed by atoms with Crippen LogP contribution in [-0.4, -0.2) is 27.5 Å². The minimum absolute atomic E-state index is 0.313. The van der Waals surface area contributed by atoms with E-state index in [1.54, 1.807) is 29.4 Å². The number of carbonyl (C=O) groups is 1. The molecule has 1 aromatic carbocycles. The lowest BCUT2D eigenvalue weighted by molar-refractivity contribution is 0.145. The van der Waals surface area contributed by atoms with Crippen molar-refractivity contribution in [2.24, 2.45) is 0 Å². The zero-order valence-corrected chi connectivity index (χ0v) is 12.5. The standard InChI is InChI=1S/C18H15N3O2/c22-18(21-10-8-13-3-1-2-4-15(13)12-21)23-17-6-5-14-11-19-9-7-16(14)20-17/h1-7,9,11H,8,10,12H2. The number of rotatable bonds is 1. The van der Waals surface area contributed by atoms with Gasteiger partial charge >= 0.3 is 6.09 Å². The maximum atomic E-state index is 12.4. The number of amides is 1. The predicted octanol–water partition coefficient (Wildman–Crippen LogP) is 3.19. The van der Waals surface area contributed by atoms with E-state index in [1.165, 1.54) is 11.1 Å². The molecule has 0 bridgehead atoms. The van der Waals surface area contributed by atoms with Gasteiger partial charge in [0, 0.05) is 36.9 Å². The molecule has 4 rings (SSSR count). The maximum Gasteiger partial charge on any atom is 0.416 e. The molecule has 5 nitrogen and oxygen atoms in total. The molecule has 3 heterocycles. The predicted molar refractivity (Wildman–Crippen MR) is 86.1 cm³/mol. The fraction of sp³-hybridized carbons (Fsp3) is 0.167. The Hall–Kier alpha value is -2.95. The first kappa shape index (κ1) is 13.7. The Morgan fingerprint density at radius 2 is 1.96 bits per heavy atom. The normalized spacial score (nSPS) is 13.7. The van der Waals surface area contributed by atoms with E-state index < -0.39 is 0 Å². The van der Waals surface area contributed by atoms with Crippen molar-refractivity contribution in [1.29, 1.82) is 0 Å². The number of ether oxygens (including phenoxy) is 1. The maximum absolute atomic E-state index is 12.4. The van der Waals surface area contributed by atoms with Crippen molar-refractivity contribution in [3.8, 4) is 5.88 Å². The lowest BCUT2D eigenvalue weighted by Crippen LogP contribution is -2.37. The Morgan fingerprint density at radius 1 is 1.09 bits per heavy atom. The fourth-order valence-electron chi connectivity index (χ4n) is 2.81. The topological polar surface area (TPSA) is 55.3 Å². The van der Waals surface area contributed by atoms with Crippen LogP contribution in [0.2, 0.25) is 0 Å². The molecule has 0 saturated carbocycles. The van der Waals surface area contributed by atoms with E-state index in [-0.39, 0.29) is 6.09 Å². The Labute approximate surface area is 133 Å². The van der Waals surface area contributed by atoms with Crippen molar-refractivity contribution in [3.05, 3.63) is 66.0 Å². The monoisotopic (exact) mass is 305 g/mol. The summed E-state index contributed by atoms with van der Waals surface area (Å²) in [5.41, 5.74) is 3.23. The molecule has 2 aromatic heterocycles. The number of nitrogens with zero attached hydrogens (tertiary/aromatic N) is 3. The molecule has 23 heavy (non-hydrogen) atoms. The molecule has 0 radical (unpaired) electrons. The molecule has 1 amide bonds. The van der Waals surface area contributed by atoms with Crippen LogP contribution >= 0.6 is 0 Å². The molecule has 0 unspecified atom stereocenters. The van der Waals surface area contributed by atoms with E-state index >= 15 is 0 Å². The third-order valence-corrected chi connectivity index (χ3v) is 4.04. The lowest BCUT2D eigenvalue weighted by atomic mass is 10.0. The van der Waals surface area contributed by atoms with E-state index in [0.29, 0.717) is 19.0 Å². The van der Waals surface area contributed by atoms with E-state index in [0.717, 1.165) is 17.3 Å². The molecule has 3 aromatic rings. The zero-order chi connectivity index (χ0) is 15.6. The minimum Gasteiger partial charge on any atom is -0.391 e. The molecule has 0 spiro atoms. The SMILES string of the molecule is O=C(Oc1ccc2cnccc2n1)N1CCc2ccccc2C1. The van der Waals surface area contributed by atoms with Gasteiger partial charge in [0.05, 0.1) is 5.52 Å². The van der Waals surface area contributed by atoms with Gasteiger partial charge in [-0.2, -0.15) is 0 Å². The van der Waals surface area contributed by atoms with Gasteiger partial charge in [0.2, 0.25) is 5.88 Å². The number of aromatic nitrogens is 2. The highest BCUT2D eigenvalue weighted by molar-refractivity contribution is 5.78. The van der Waals surface area contributed by atoms with Crippen LogP contribution in [0.4, 0.5) is 4.79 Å². The van der Waals surface area contributed by atoms with Crippen LogP contribution in [-0.2, 0) is 13.0 Å². The van der Waals surface area contributed by atoms with Crippen LogP contribution in [0.3, 0.4) is 0 Å². The van der Waals surface area contributed by atoms with Gasteiger partial charge in [-0.1, -0.05) is 24.3 Å². The minimum atomic E-state index is -0.361. The Bertz CT molecular complexity index is 879. The summed E-state index contributed by atoms with van der Waals surface area (Å²) in [7, 11) is 0. The summed E-state index contributed by atoms with van der Waals surface area (Å²) in [6.45, 7) is 1.24. The second-order valence-corrected chi connectivity index (χ2v) is 5.53. The molecular formula is C18H15N3O2. The molecule has 5 heteroatoms. The van der Waals surface area contributed by atoms with E-state index in [9.17, 15) is 4.79 Å². The summed E-state index contributed by atoms with van der Waals surface area (Å²) in [5, 5.41) is 0.916. The second kappa shape index (κ2) is 5.68. The summed E-state index contributed by atoms with van der Waals surface area (Å²) in [4.78, 5) is 22.5. The molecule has 0 N–H and O–H groups in total. The number of hydrogen-bond donors (Lipinski definition) is 0. The molecule has 1 aliphatic rings. The van der Waals surface area contributed by atoms with Gasteiger partial charge in [-0.15, -0.1) is 0 Å². The van der Waals surface area contributed by atoms with Crippen molar-refractivity contribution in [2.75, 3.05) is 6.54 Å². The highest BCUT2D eigenvalue weighted by Gasteiger charge is 2.22. The molecule has 0 saturated heterocycles.